The van der Waals surface area contributed by atoms with Gasteiger partial charge in [-0.15, -0.1) is 0 Å². The van der Waals surface area contributed by atoms with Gasteiger partial charge in [-0.3, -0.25) is 0 Å². The highest BCUT2D eigenvalue weighted by Crippen LogP contribution is 2.34. The van der Waals surface area contributed by atoms with Crippen LogP contribution in [0.2, 0.25) is 0 Å². The van der Waals surface area contributed by atoms with Crippen LogP contribution < -0.4 is 0 Å². The zero-order valence-corrected chi connectivity index (χ0v) is 25.0. The van der Waals surface area contributed by atoms with Crippen LogP contribution in [0.25, 0.3) is 83.4 Å². The Morgan fingerprint density at radius 2 is 0.891 bits per heavy atom. The van der Waals surface area contributed by atoms with Crippen molar-refractivity contribution in [3.63, 3.8) is 0 Å². The number of benzene rings is 7. The van der Waals surface area contributed by atoms with Gasteiger partial charge >= 0.3 is 0 Å². The summed E-state index contributed by atoms with van der Waals surface area (Å²) in [5, 5.41) is 2.54. The van der Waals surface area contributed by atoms with Crippen LogP contribution in [0.4, 0.5) is 0 Å². The van der Waals surface area contributed by atoms with Crippen LogP contribution in [0.15, 0.2) is 174 Å². The highest BCUT2D eigenvalue weighted by molar-refractivity contribution is 6.09. The first-order chi connectivity index (χ1) is 22.8. The number of fused-ring (bicyclic) bond motifs is 4. The molecule has 216 valence electrons. The maximum absolute atomic E-state index is 6.29. The third-order valence-electron chi connectivity index (χ3n) is 8.86. The molecule has 3 heteroatoms. The molecular weight excluding hydrogens is 560 g/mol. The summed E-state index contributed by atoms with van der Waals surface area (Å²) >= 11 is 0. The molecule has 0 saturated heterocycles. The van der Waals surface area contributed by atoms with Crippen LogP contribution in [0.5, 0.6) is 0 Å². The van der Waals surface area contributed by atoms with Gasteiger partial charge in [-0.05, 0) is 88.0 Å². The summed E-state index contributed by atoms with van der Waals surface area (Å²) in [6.07, 6.45) is 0. The number of oxazole rings is 1. The molecule has 0 atom stereocenters. The maximum Gasteiger partial charge on any atom is 0.227 e. The molecule has 0 N–H and O–H groups in total. The molecule has 0 aliphatic heterocycles. The van der Waals surface area contributed by atoms with E-state index in [-0.39, 0.29) is 0 Å². The molecule has 9 aromatic rings. The molecule has 0 fully saturated rings. The molecule has 0 aliphatic carbocycles. The predicted octanol–water partition coefficient (Wildman–Crippen LogP) is 11.6. The lowest BCUT2D eigenvalue weighted by atomic mass is 9.99. The minimum Gasteiger partial charge on any atom is -0.436 e. The Bertz CT molecular complexity index is 2450. The fraction of sp³-hybridized carbons (Fsp3) is 0. The number of aromatic nitrogens is 2. The van der Waals surface area contributed by atoms with Crippen molar-refractivity contribution in [1.29, 1.82) is 0 Å². The van der Waals surface area contributed by atoms with Crippen LogP contribution >= 0.6 is 0 Å². The summed E-state index contributed by atoms with van der Waals surface area (Å²) in [6, 6.07) is 59.8. The Morgan fingerprint density at radius 3 is 1.59 bits per heavy atom. The highest BCUT2D eigenvalue weighted by Gasteiger charge is 2.13. The van der Waals surface area contributed by atoms with Gasteiger partial charge in [0, 0.05) is 22.0 Å². The van der Waals surface area contributed by atoms with E-state index in [1.807, 2.05) is 12.1 Å². The molecule has 7 aromatic carbocycles. The predicted molar refractivity (Wildman–Crippen MR) is 190 cm³/mol. The molecule has 0 saturated carbocycles. The van der Waals surface area contributed by atoms with E-state index in [9.17, 15) is 0 Å². The third kappa shape index (κ3) is 4.49. The van der Waals surface area contributed by atoms with Crippen LogP contribution in [-0.2, 0) is 0 Å². The average molecular weight is 589 g/mol. The lowest BCUT2D eigenvalue weighted by Crippen LogP contribution is -1.93. The van der Waals surface area contributed by atoms with Crippen molar-refractivity contribution in [2.45, 2.75) is 0 Å². The Morgan fingerprint density at radius 1 is 0.391 bits per heavy atom. The summed E-state index contributed by atoms with van der Waals surface area (Å²) in [6.45, 7) is 0. The fourth-order valence-corrected chi connectivity index (χ4v) is 6.55. The van der Waals surface area contributed by atoms with Crippen LogP contribution in [0.3, 0.4) is 0 Å². The molecule has 3 nitrogen and oxygen atoms in total. The molecule has 0 bridgehead atoms. The van der Waals surface area contributed by atoms with Gasteiger partial charge in [-0.25, -0.2) is 4.98 Å². The summed E-state index contributed by atoms with van der Waals surface area (Å²) in [4.78, 5) is 4.81. The lowest BCUT2D eigenvalue weighted by molar-refractivity contribution is 0.620. The van der Waals surface area contributed by atoms with E-state index in [0.29, 0.717) is 5.89 Å². The van der Waals surface area contributed by atoms with Gasteiger partial charge < -0.3 is 8.98 Å². The molecule has 2 heterocycles. The Hall–Kier alpha value is -6.19. The zero-order chi connectivity index (χ0) is 30.5. The molecule has 9 rings (SSSR count). The van der Waals surface area contributed by atoms with Crippen molar-refractivity contribution >= 4 is 32.9 Å². The van der Waals surface area contributed by atoms with Crippen molar-refractivity contribution in [2.24, 2.45) is 0 Å². The van der Waals surface area contributed by atoms with E-state index in [2.05, 4.69) is 162 Å². The van der Waals surface area contributed by atoms with E-state index in [4.69, 9.17) is 9.40 Å². The molecule has 2 aromatic heterocycles. The van der Waals surface area contributed by atoms with Crippen molar-refractivity contribution < 1.29 is 4.42 Å². The van der Waals surface area contributed by atoms with Gasteiger partial charge in [0.1, 0.15) is 5.52 Å². The SMILES string of the molecule is c1ccc(-c2cccc(-c3ccc4nc(-c5ccc(-c6ccc(-n7c8ccccc8c8ccccc87)cc6)cc5)oc4c3)c2)cc1. The first-order valence-electron chi connectivity index (χ1n) is 15.5. The van der Waals surface area contributed by atoms with Gasteiger partial charge in [0.2, 0.25) is 5.89 Å². The summed E-state index contributed by atoms with van der Waals surface area (Å²) in [7, 11) is 0. The van der Waals surface area contributed by atoms with Crippen molar-refractivity contribution in [3.05, 3.63) is 170 Å². The summed E-state index contributed by atoms with van der Waals surface area (Å²) in [5.74, 6) is 0.624. The first kappa shape index (κ1) is 26.2. The third-order valence-corrected chi connectivity index (χ3v) is 8.86. The summed E-state index contributed by atoms with van der Waals surface area (Å²) in [5.41, 5.74) is 13.1. The second kappa shape index (κ2) is 10.8. The molecule has 0 amide bonds. The number of hydrogen-bond donors (Lipinski definition) is 0. The lowest BCUT2D eigenvalue weighted by Gasteiger charge is -2.09. The van der Waals surface area contributed by atoms with E-state index in [1.165, 1.54) is 32.9 Å². The van der Waals surface area contributed by atoms with Crippen LogP contribution in [-0.4, -0.2) is 9.55 Å². The van der Waals surface area contributed by atoms with Crippen LogP contribution in [0.1, 0.15) is 0 Å². The van der Waals surface area contributed by atoms with Crippen molar-refractivity contribution in [3.8, 4) is 50.5 Å². The van der Waals surface area contributed by atoms with Gasteiger partial charge in [-0.2, -0.15) is 0 Å². The smallest absolute Gasteiger partial charge is 0.227 e. The number of rotatable bonds is 5. The van der Waals surface area contributed by atoms with E-state index in [1.54, 1.807) is 0 Å². The van der Waals surface area contributed by atoms with Crippen molar-refractivity contribution in [1.82, 2.24) is 9.55 Å². The minimum atomic E-state index is 0.624. The van der Waals surface area contributed by atoms with Crippen molar-refractivity contribution in [2.75, 3.05) is 0 Å². The normalized spacial score (nSPS) is 11.5. The van der Waals surface area contributed by atoms with Gasteiger partial charge in [0.15, 0.2) is 5.58 Å². The monoisotopic (exact) mass is 588 g/mol. The minimum absolute atomic E-state index is 0.624. The molecule has 0 unspecified atom stereocenters. The molecule has 0 radical (unpaired) electrons. The standard InChI is InChI=1S/C43H28N2O/c1-2-9-29(10-3-1)33-11-8-12-34(27-33)35-23-26-39-42(28-35)46-43(44-39)32-19-17-30(18-20-32)31-21-24-36(25-22-31)45-40-15-6-4-13-37(40)38-14-5-7-16-41(38)45/h1-28H. The first-order valence-corrected chi connectivity index (χ1v) is 15.5. The second-order valence-corrected chi connectivity index (χ2v) is 11.6. The number of hydrogen-bond acceptors (Lipinski definition) is 2. The number of para-hydroxylation sites is 2. The van der Waals surface area contributed by atoms with E-state index in [0.717, 1.165) is 44.6 Å². The maximum atomic E-state index is 6.29. The molecule has 0 spiro atoms. The van der Waals surface area contributed by atoms with E-state index < -0.39 is 0 Å². The highest BCUT2D eigenvalue weighted by atomic mass is 16.3. The Balaban J connectivity index is 0.992. The van der Waals surface area contributed by atoms with Crippen LogP contribution in [0, 0.1) is 0 Å². The quantitative estimate of drug-likeness (QED) is 0.200. The topological polar surface area (TPSA) is 31.0 Å². The number of nitrogens with zero attached hydrogens (tertiary/aromatic N) is 2. The Kier molecular flexibility index (Phi) is 6.14. The Labute approximate surface area is 266 Å². The van der Waals surface area contributed by atoms with Gasteiger partial charge in [0.05, 0.1) is 11.0 Å². The molecule has 46 heavy (non-hydrogen) atoms. The fourth-order valence-electron chi connectivity index (χ4n) is 6.55. The molecular formula is C43H28N2O. The molecule has 0 aliphatic rings. The second-order valence-electron chi connectivity index (χ2n) is 11.6. The largest absolute Gasteiger partial charge is 0.436 e. The summed E-state index contributed by atoms with van der Waals surface area (Å²) < 4.78 is 8.63. The zero-order valence-electron chi connectivity index (χ0n) is 25.0. The van der Waals surface area contributed by atoms with Gasteiger partial charge in [0.25, 0.3) is 0 Å². The van der Waals surface area contributed by atoms with E-state index >= 15 is 0 Å². The van der Waals surface area contributed by atoms with Gasteiger partial charge in [-0.1, -0.05) is 115 Å². The average Bonchev–Trinajstić information content (AvgIpc) is 3.71.